The zero-order valence-corrected chi connectivity index (χ0v) is 13.0. The van der Waals surface area contributed by atoms with Gasteiger partial charge in [-0.05, 0) is 41.2 Å². The van der Waals surface area contributed by atoms with Crippen LogP contribution in [0.15, 0.2) is 54.6 Å². The molecular weight excluding hydrogens is 288 g/mol. The molecule has 116 valence electrons. The minimum absolute atomic E-state index is 0.602. The van der Waals surface area contributed by atoms with Crippen LogP contribution in [0.3, 0.4) is 0 Å². The molecule has 0 unspecified atom stereocenters. The first-order chi connectivity index (χ1) is 11.3. The van der Waals surface area contributed by atoms with Gasteiger partial charge in [0.05, 0.1) is 13.7 Å². The van der Waals surface area contributed by atoms with Crippen LogP contribution in [0.25, 0.3) is 11.4 Å². The molecule has 3 aromatic rings. The van der Waals surface area contributed by atoms with Gasteiger partial charge < -0.3 is 4.74 Å². The van der Waals surface area contributed by atoms with Gasteiger partial charge in [0.2, 0.25) is 5.82 Å². The van der Waals surface area contributed by atoms with E-state index in [4.69, 9.17) is 4.74 Å². The number of ether oxygens (including phenoxy) is 1. The average Bonchev–Trinajstić information content (AvgIpc) is 3.22. The summed E-state index contributed by atoms with van der Waals surface area (Å²) in [7, 11) is 1.65. The smallest absolute Gasteiger partial charge is 0.205 e. The molecule has 2 atom stereocenters. The van der Waals surface area contributed by atoms with Gasteiger partial charge in [0.1, 0.15) is 5.75 Å². The summed E-state index contributed by atoms with van der Waals surface area (Å²) in [5.41, 5.74) is 2.33. The molecule has 1 aliphatic rings. The highest BCUT2D eigenvalue weighted by Crippen LogP contribution is 2.48. The van der Waals surface area contributed by atoms with E-state index in [0.717, 1.165) is 17.9 Å². The molecule has 23 heavy (non-hydrogen) atoms. The Labute approximate surface area is 134 Å². The molecule has 1 heterocycles. The molecule has 5 heteroatoms. The van der Waals surface area contributed by atoms with Gasteiger partial charge in [0.25, 0.3) is 0 Å². The number of methoxy groups -OCH3 is 1. The Bertz CT molecular complexity index is 800. The predicted molar refractivity (Wildman–Crippen MR) is 87.1 cm³/mol. The number of hydrogen-bond acceptors (Lipinski definition) is 4. The van der Waals surface area contributed by atoms with Crippen molar-refractivity contribution in [2.45, 2.75) is 18.9 Å². The van der Waals surface area contributed by atoms with Crippen LogP contribution in [0.1, 0.15) is 17.9 Å². The van der Waals surface area contributed by atoms with Crippen LogP contribution in [0.4, 0.5) is 0 Å². The van der Waals surface area contributed by atoms with Crippen molar-refractivity contribution in [2.75, 3.05) is 7.11 Å². The maximum atomic E-state index is 5.24. The number of benzene rings is 2. The molecule has 1 fully saturated rings. The Kier molecular flexibility index (Phi) is 3.54. The van der Waals surface area contributed by atoms with Gasteiger partial charge in [-0.25, -0.2) is 0 Å². The molecule has 5 nitrogen and oxygen atoms in total. The summed E-state index contributed by atoms with van der Waals surface area (Å²) in [6.07, 6.45) is 1.19. The Morgan fingerprint density at radius 2 is 2.00 bits per heavy atom. The van der Waals surface area contributed by atoms with Crippen molar-refractivity contribution >= 4 is 0 Å². The second-order valence-corrected chi connectivity index (χ2v) is 5.91. The van der Waals surface area contributed by atoms with E-state index >= 15 is 0 Å². The van der Waals surface area contributed by atoms with E-state index in [2.05, 4.69) is 45.7 Å². The van der Waals surface area contributed by atoms with Crippen molar-refractivity contribution in [2.24, 2.45) is 5.92 Å². The third-order valence-electron chi connectivity index (χ3n) is 4.33. The average molecular weight is 306 g/mol. The van der Waals surface area contributed by atoms with Crippen LogP contribution in [0, 0.1) is 5.92 Å². The summed E-state index contributed by atoms with van der Waals surface area (Å²) in [5.74, 6) is 2.67. The highest BCUT2D eigenvalue weighted by Gasteiger charge is 2.38. The molecule has 0 spiro atoms. The van der Waals surface area contributed by atoms with Crippen LogP contribution in [-0.4, -0.2) is 27.3 Å². The van der Waals surface area contributed by atoms with E-state index in [-0.39, 0.29) is 0 Å². The first kappa shape index (κ1) is 13.9. The zero-order chi connectivity index (χ0) is 15.6. The number of aromatic nitrogens is 4. The first-order valence-electron chi connectivity index (χ1n) is 7.80. The standard InChI is InChI=1S/C18H18N4O/c1-23-16-9-5-8-14(10-16)18-19-21-22(20-18)12-15-11-17(15)13-6-3-2-4-7-13/h2-10,15,17H,11-12H2,1H3/t15-,17-/m0/s1. The molecule has 0 bridgehead atoms. The van der Waals surface area contributed by atoms with Gasteiger partial charge in [0, 0.05) is 5.56 Å². The van der Waals surface area contributed by atoms with Gasteiger partial charge in [-0.15, -0.1) is 10.2 Å². The van der Waals surface area contributed by atoms with Crippen LogP contribution in [0.2, 0.25) is 0 Å². The lowest BCUT2D eigenvalue weighted by Crippen LogP contribution is -2.05. The molecule has 2 aromatic carbocycles. The summed E-state index contributed by atoms with van der Waals surface area (Å²) in [6, 6.07) is 18.4. The van der Waals surface area contributed by atoms with Crippen LogP contribution < -0.4 is 4.74 Å². The minimum atomic E-state index is 0.602. The van der Waals surface area contributed by atoms with Gasteiger partial charge in [0.15, 0.2) is 0 Å². The summed E-state index contributed by atoms with van der Waals surface area (Å²) < 4.78 is 5.24. The molecule has 0 aliphatic heterocycles. The Morgan fingerprint density at radius 3 is 2.83 bits per heavy atom. The number of tetrazole rings is 1. The molecule has 0 saturated heterocycles. The summed E-state index contributed by atoms with van der Waals surface area (Å²) >= 11 is 0. The quantitative estimate of drug-likeness (QED) is 0.726. The third-order valence-corrected chi connectivity index (χ3v) is 4.33. The van der Waals surface area contributed by atoms with Crippen LogP contribution in [0.5, 0.6) is 5.75 Å². The van der Waals surface area contributed by atoms with Crippen molar-refractivity contribution < 1.29 is 4.74 Å². The van der Waals surface area contributed by atoms with Crippen LogP contribution >= 0.6 is 0 Å². The third kappa shape index (κ3) is 2.95. The van der Waals surface area contributed by atoms with Crippen molar-refractivity contribution in [1.29, 1.82) is 0 Å². The predicted octanol–water partition coefficient (Wildman–Crippen LogP) is 3.15. The van der Waals surface area contributed by atoms with E-state index in [1.807, 2.05) is 24.3 Å². The Balaban J connectivity index is 1.45. The number of nitrogens with zero attached hydrogens (tertiary/aromatic N) is 4. The highest BCUT2D eigenvalue weighted by molar-refractivity contribution is 5.56. The van der Waals surface area contributed by atoms with E-state index < -0.39 is 0 Å². The van der Waals surface area contributed by atoms with Gasteiger partial charge in [-0.3, -0.25) is 0 Å². The number of hydrogen-bond donors (Lipinski definition) is 0. The second kappa shape index (κ2) is 5.83. The maximum absolute atomic E-state index is 5.24. The molecule has 0 radical (unpaired) electrons. The van der Waals surface area contributed by atoms with E-state index in [0.29, 0.717) is 17.7 Å². The fraction of sp³-hybridized carbons (Fsp3) is 0.278. The first-order valence-corrected chi connectivity index (χ1v) is 7.80. The Morgan fingerprint density at radius 1 is 1.13 bits per heavy atom. The topological polar surface area (TPSA) is 52.8 Å². The molecule has 1 aliphatic carbocycles. The van der Waals surface area contributed by atoms with Gasteiger partial charge in [-0.2, -0.15) is 4.80 Å². The van der Waals surface area contributed by atoms with E-state index in [1.54, 1.807) is 11.9 Å². The van der Waals surface area contributed by atoms with Crippen LogP contribution in [-0.2, 0) is 6.54 Å². The lowest BCUT2D eigenvalue weighted by Gasteiger charge is -2.01. The summed E-state index contributed by atoms with van der Waals surface area (Å²) in [4.78, 5) is 1.71. The fourth-order valence-corrected chi connectivity index (χ4v) is 2.97. The van der Waals surface area contributed by atoms with Crippen molar-refractivity contribution in [1.82, 2.24) is 20.2 Å². The van der Waals surface area contributed by atoms with E-state index in [1.165, 1.54) is 12.0 Å². The molecule has 1 saturated carbocycles. The van der Waals surface area contributed by atoms with Gasteiger partial charge in [-0.1, -0.05) is 42.5 Å². The highest BCUT2D eigenvalue weighted by atomic mass is 16.5. The molecule has 0 amide bonds. The maximum Gasteiger partial charge on any atom is 0.205 e. The lowest BCUT2D eigenvalue weighted by molar-refractivity contribution is 0.415. The number of rotatable bonds is 5. The monoisotopic (exact) mass is 306 g/mol. The molecule has 0 N–H and O–H groups in total. The van der Waals surface area contributed by atoms with E-state index in [9.17, 15) is 0 Å². The summed E-state index contributed by atoms with van der Waals surface area (Å²) in [5, 5.41) is 12.9. The Hall–Kier alpha value is -2.69. The largest absolute Gasteiger partial charge is 0.497 e. The summed E-state index contributed by atoms with van der Waals surface area (Å²) in [6.45, 7) is 0.816. The molecule has 1 aromatic heterocycles. The lowest BCUT2D eigenvalue weighted by atomic mass is 10.1. The van der Waals surface area contributed by atoms with Crippen molar-refractivity contribution in [3.63, 3.8) is 0 Å². The minimum Gasteiger partial charge on any atom is -0.497 e. The fourth-order valence-electron chi connectivity index (χ4n) is 2.97. The van der Waals surface area contributed by atoms with Crippen molar-refractivity contribution in [3.05, 3.63) is 60.2 Å². The van der Waals surface area contributed by atoms with Gasteiger partial charge >= 0.3 is 0 Å². The normalized spacial score (nSPS) is 19.5. The zero-order valence-electron chi connectivity index (χ0n) is 13.0. The molecule has 4 rings (SSSR count). The van der Waals surface area contributed by atoms with Crippen molar-refractivity contribution in [3.8, 4) is 17.1 Å². The second-order valence-electron chi connectivity index (χ2n) is 5.91. The molecular formula is C18H18N4O. The SMILES string of the molecule is COc1cccc(-c2nnn(C[C@@H]3C[C@H]3c3ccccc3)n2)c1.